The highest BCUT2D eigenvalue weighted by atomic mass is 15.0. The molecule has 0 saturated carbocycles. The lowest BCUT2D eigenvalue weighted by Gasteiger charge is -2.17. The molecule has 0 N–H and O–H groups in total. The van der Waals surface area contributed by atoms with Crippen LogP contribution < -0.4 is 5.11 Å². The van der Waals surface area contributed by atoms with Crippen molar-refractivity contribution in [2.45, 2.75) is 12.5 Å². The van der Waals surface area contributed by atoms with Crippen molar-refractivity contribution in [3.05, 3.63) is 77.3 Å². The monoisotopic (exact) mass is 209 g/mol. The van der Waals surface area contributed by atoms with Crippen LogP contribution in [0.5, 0.6) is 0 Å². The van der Waals surface area contributed by atoms with Gasteiger partial charge in [-0.15, -0.1) is 0 Å². The van der Waals surface area contributed by atoms with E-state index in [4.69, 9.17) is 0 Å². The number of nitrogens with zero attached hydrogens (tertiary/aromatic N) is 2. The largest absolute Gasteiger partial charge is 0.431 e. The van der Waals surface area contributed by atoms with Gasteiger partial charge in [0.1, 0.15) is 0 Å². The standard InChI is InChI=1S/C14H13N2/c1-14(16-15,12-8-4-2-5-9-12)13-10-6-3-7-11-13/h2-11H,1H3. The first-order valence-corrected chi connectivity index (χ1v) is 5.24. The molecule has 0 amide bonds. The Morgan fingerprint density at radius 1 is 0.812 bits per heavy atom. The maximum Gasteiger partial charge on any atom is 0.262 e. The quantitative estimate of drug-likeness (QED) is 0.695. The SMILES string of the molecule is CC([N+]=[N-])(c1ccccc1)c1ccccc1. The Morgan fingerprint density at radius 3 is 1.50 bits per heavy atom. The van der Waals surface area contributed by atoms with Crippen molar-refractivity contribution in [3.8, 4) is 0 Å². The molecule has 2 heteroatoms. The molecule has 79 valence electrons. The molecule has 2 aromatic rings. The summed E-state index contributed by atoms with van der Waals surface area (Å²) in [6.07, 6.45) is 0. The molecule has 0 bridgehead atoms. The molecule has 0 aromatic heterocycles. The smallest absolute Gasteiger partial charge is 0.262 e. The van der Waals surface area contributed by atoms with Crippen LogP contribution in [0.3, 0.4) is 0 Å². The molecule has 0 spiro atoms. The third-order valence-electron chi connectivity index (χ3n) is 2.87. The summed E-state index contributed by atoms with van der Waals surface area (Å²) in [6, 6.07) is 19.5. The van der Waals surface area contributed by atoms with Gasteiger partial charge >= 0.3 is 0 Å². The highest BCUT2D eigenvalue weighted by molar-refractivity contribution is 5.36. The molecular weight excluding hydrogens is 196 g/mol. The predicted octanol–water partition coefficient (Wildman–Crippen LogP) is 3.31. The Bertz CT molecular complexity index is 423. The summed E-state index contributed by atoms with van der Waals surface area (Å²) in [4.78, 5) is 0. The molecule has 0 heterocycles. The molecule has 2 rings (SSSR count). The maximum absolute atomic E-state index is 9.32. The summed E-state index contributed by atoms with van der Waals surface area (Å²) in [5.74, 6) is 0. The first kappa shape index (κ1) is 10.6. The summed E-state index contributed by atoms with van der Waals surface area (Å²) >= 11 is 0. The zero-order valence-corrected chi connectivity index (χ0v) is 9.17. The van der Waals surface area contributed by atoms with E-state index in [9.17, 15) is 5.53 Å². The summed E-state index contributed by atoms with van der Waals surface area (Å²) in [5.41, 5.74) is 10.6. The van der Waals surface area contributed by atoms with E-state index >= 15 is 0 Å². The van der Waals surface area contributed by atoms with Crippen molar-refractivity contribution in [1.82, 2.24) is 5.11 Å². The Morgan fingerprint density at radius 2 is 1.19 bits per heavy atom. The second-order valence-electron chi connectivity index (χ2n) is 3.90. The van der Waals surface area contributed by atoms with Gasteiger partial charge in [0.25, 0.3) is 5.54 Å². The van der Waals surface area contributed by atoms with Gasteiger partial charge in [-0.05, 0) is 0 Å². The van der Waals surface area contributed by atoms with Gasteiger partial charge in [-0.2, -0.15) is 0 Å². The third-order valence-corrected chi connectivity index (χ3v) is 2.87. The fraction of sp³-hybridized carbons (Fsp3) is 0.143. The normalized spacial score (nSPS) is 11.1. The van der Waals surface area contributed by atoms with Crippen molar-refractivity contribution in [2.24, 2.45) is 0 Å². The lowest BCUT2D eigenvalue weighted by molar-refractivity contribution is 0.542. The van der Waals surface area contributed by atoms with Crippen molar-refractivity contribution >= 4 is 0 Å². The number of hydrogen-bond donors (Lipinski definition) is 0. The Balaban J connectivity index is 2.53. The van der Waals surface area contributed by atoms with Crippen LogP contribution in [0, 0.1) is 0 Å². The molecule has 0 aliphatic rings. The molecule has 0 unspecified atom stereocenters. The van der Waals surface area contributed by atoms with E-state index < -0.39 is 5.54 Å². The molecular formula is C14H13N2. The Labute approximate surface area is 95.5 Å². The van der Waals surface area contributed by atoms with Crippen molar-refractivity contribution in [1.29, 1.82) is 0 Å². The Kier molecular flexibility index (Phi) is 2.82. The van der Waals surface area contributed by atoms with Crippen LogP contribution in [-0.2, 0) is 5.54 Å². The van der Waals surface area contributed by atoms with Crippen molar-refractivity contribution < 1.29 is 0 Å². The minimum atomic E-state index is -0.692. The molecule has 0 aliphatic carbocycles. The van der Waals surface area contributed by atoms with Gasteiger partial charge in [-0.25, -0.2) is 0 Å². The van der Waals surface area contributed by atoms with Crippen LogP contribution in [0.15, 0.2) is 60.7 Å². The van der Waals surface area contributed by atoms with Crippen LogP contribution >= 0.6 is 0 Å². The molecule has 0 fully saturated rings. The lowest BCUT2D eigenvalue weighted by atomic mass is 9.86. The van der Waals surface area contributed by atoms with Crippen molar-refractivity contribution in [3.63, 3.8) is 0 Å². The van der Waals surface area contributed by atoms with Gasteiger partial charge < -0.3 is 5.53 Å². The minimum Gasteiger partial charge on any atom is -0.431 e. The van der Waals surface area contributed by atoms with E-state index in [0.717, 1.165) is 11.1 Å². The Hall–Kier alpha value is -1.96. The second kappa shape index (κ2) is 4.27. The van der Waals surface area contributed by atoms with E-state index in [2.05, 4.69) is 5.11 Å². The molecule has 0 atom stereocenters. The van der Waals surface area contributed by atoms with Crippen molar-refractivity contribution in [2.75, 3.05) is 0 Å². The molecule has 0 saturated heterocycles. The van der Waals surface area contributed by atoms with E-state index in [-0.39, 0.29) is 0 Å². The topological polar surface area (TPSA) is 36.4 Å². The van der Waals surface area contributed by atoms with Crippen LogP contribution in [0.25, 0.3) is 5.53 Å². The first-order valence-electron chi connectivity index (χ1n) is 5.24. The summed E-state index contributed by atoms with van der Waals surface area (Å²) in [5, 5.41) is 3.56. The summed E-state index contributed by atoms with van der Waals surface area (Å²) in [7, 11) is 0. The fourth-order valence-corrected chi connectivity index (χ4v) is 1.81. The minimum absolute atomic E-state index is 0.692. The number of rotatable bonds is 3. The number of hydrogen-bond acceptors (Lipinski definition) is 1. The lowest BCUT2D eigenvalue weighted by Crippen LogP contribution is -2.27. The summed E-state index contributed by atoms with van der Waals surface area (Å²) in [6.45, 7) is 1.90. The highest BCUT2D eigenvalue weighted by Gasteiger charge is 2.35. The van der Waals surface area contributed by atoms with E-state index in [1.165, 1.54) is 0 Å². The van der Waals surface area contributed by atoms with Crippen LogP contribution in [0.1, 0.15) is 18.1 Å². The van der Waals surface area contributed by atoms with Crippen LogP contribution in [-0.4, -0.2) is 0 Å². The van der Waals surface area contributed by atoms with E-state index in [1.807, 2.05) is 67.6 Å². The van der Waals surface area contributed by atoms with Crippen LogP contribution in [0.2, 0.25) is 0 Å². The third kappa shape index (κ3) is 1.74. The van der Waals surface area contributed by atoms with Gasteiger partial charge in [0, 0.05) is 18.1 Å². The van der Waals surface area contributed by atoms with Crippen LogP contribution in [0.4, 0.5) is 0 Å². The zero-order valence-electron chi connectivity index (χ0n) is 9.17. The average molecular weight is 209 g/mol. The zero-order chi connectivity index (χ0) is 11.4. The van der Waals surface area contributed by atoms with Gasteiger partial charge in [0.15, 0.2) is 0 Å². The maximum atomic E-state index is 9.32. The summed E-state index contributed by atoms with van der Waals surface area (Å²) < 4.78 is 0. The first-order chi connectivity index (χ1) is 7.77. The molecule has 16 heavy (non-hydrogen) atoms. The average Bonchev–Trinajstić information content (AvgIpc) is 2.40. The second-order valence-corrected chi connectivity index (χ2v) is 3.90. The molecule has 1 radical (unpaired) electrons. The van der Waals surface area contributed by atoms with Gasteiger partial charge in [0.05, 0.1) is 0 Å². The predicted molar refractivity (Wildman–Crippen MR) is 64.8 cm³/mol. The van der Waals surface area contributed by atoms with Gasteiger partial charge in [0.2, 0.25) is 0 Å². The van der Waals surface area contributed by atoms with Gasteiger partial charge in [-0.1, -0.05) is 65.8 Å². The number of benzene rings is 2. The molecule has 0 aliphatic heterocycles. The van der Waals surface area contributed by atoms with E-state index in [1.54, 1.807) is 0 Å². The van der Waals surface area contributed by atoms with Gasteiger partial charge in [-0.3, -0.25) is 0 Å². The molecule has 2 aromatic carbocycles. The van der Waals surface area contributed by atoms with E-state index in [0.29, 0.717) is 0 Å². The molecule has 2 nitrogen and oxygen atoms in total. The highest BCUT2D eigenvalue weighted by Crippen LogP contribution is 2.28. The fourth-order valence-electron chi connectivity index (χ4n) is 1.81.